The third kappa shape index (κ3) is 10.9. The van der Waals surface area contributed by atoms with Gasteiger partial charge in [0.05, 0.1) is 18.1 Å². The van der Waals surface area contributed by atoms with Crippen molar-refractivity contribution in [2.75, 3.05) is 11.9 Å². The molecule has 0 bridgehead atoms. The number of anilines is 1. The van der Waals surface area contributed by atoms with Gasteiger partial charge in [-0.05, 0) is 26.2 Å². The highest BCUT2D eigenvalue weighted by atomic mass is 19.4. The van der Waals surface area contributed by atoms with E-state index in [1.807, 2.05) is 13.8 Å². The van der Waals surface area contributed by atoms with Crippen LogP contribution in [-0.4, -0.2) is 22.7 Å². The van der Waals surface area contributed by atoms with Crippen molar-refractivity contribution in [3.8, 4) is 0 Å². The van der Waals surface area contributed by atoms with Crippen molar-refractivity contribution in [3.05, 3.63) is 54.0 Å². The van der Waals surface area contributed by atoms with Gasteiger partial charge in [-0.2, -0.15) is 13.2 Å². The first-order chi connectivity index (χ1) is 13.3. The SMILES string of the molecule is CC1CCCCC1.CCNc1cnc(C)cn1.FC(F)(F)C1=CC=CC=CC1. The van der Waals surface area contributed by atoms with E-state index in [2.05, 4.69) is 22.2 Å². The highest BCUT2D eigenvalue weighted by Crippen LogP contribution is 2.29. The van der Waals surface area contributed by atoms with Crippen LogP contribution in [-0.2, 0) is 0 Å². The zero-order valence-corrected chi connectivity index (χ0v) is 17.1. The van der Waals surface area contributed by atoms with E-state index in [0.29, 0.717) is 0 Å². The summed E-state index contributed by atoms with van der Waals surface area (Å²) in [6, 6.07) is 0. The molecule has 28 heavy (non-hydrogen) atoms. The molecule has 1 fully saturated rings. The van der Waals surface area contributed by atoms with Crippen LogP contribution in [0.3, 0.4) is 0 Å². The first kappa shape index (κ1) is 23.9. The number of halogens is 3. The fourth-order valence-electron chi connectivity index (χ4n) is 2.76. The summed E-state index contributed by atoms with van der Waals surface area (Å²) in [4.78, 5) is 8.17. The largest absolute Gasteiger partial charge is 0.412 e. The molecule has 0 aromatic carbocycles. The van der Waals surface area contributed by atoms with Crippen molar-refractivity contribution < 1.29 is 13.2 Å². The van der Waals surface area contributed by atoms with Crippen LogP contribution in [0.1, 0.15) is 58.1 Å². The Morgan fingerprint density at radius 3 is 2.25 bits per heavy atom. The maximum Gasteiger partial charge on any atom is 0.412 e. The average molecular weight is 396 g/mol. The predicted octanol–water partition coefficient (Wildman–Crippen LogP) is 6.79. The second-order valence-electron chi connectivity index (χ2n) is 7.02. The molecule has 1 heterocycles. The molecule has 1 aromatic rings. The third-order valence-electron chi connectivity index (χ3n) is 4.39. The van der Waals surface area contributed by atoms with Crippen molar-refractivity contribution in [2.24, 2.45) is 5.92 Å². The normalized spacial score (nSPS) is 16.7. The maximum absolute atomic E-state index is 12.0. The van der Waals surface area contributed by atoms with Crippen LogP contribution in [0, 0.1) is 12.8 Å². The number of hydrogen-bond donors (Lipinski definition) is 1. The molecular weight excluding hydrogens is 363 g/mol. The second kappa shape index (κ2) is 13.1. The number of nitrogens with one attached hydrogen (secondary N) is 1. The smallest absolute Gasteiger partial charge is 0.369 e. The van der Waals surface area contributed by atoms with Crippen molar-refractivity contribution >= 4 is 5.82 Å². The molecule has 156 valence electrons. The Hall–Kier alpha value is -2.11. The number of aromatic nitrogens is 2. The van der Waals surface area contributed by atoms with Gasteiger partial charge in [0, 0.05) is 12.1 Å². The number of allylic oxidation sites excluding steroid dienone is 6. The van der Waals surface area contributed by atoms with Gasteiger partial charge in [0.25, 0.3) is 0 Å². The number of alkyl halides is 3. The Balaban J connectivity index is 0.000000215. The number of hydrogen-bond acceptors (Lipinski definition) is 3. The summed E-state index contributed by atoms with van der Waals surface area (Å²) >= 11 is 0. The lowest BCUT2D eigenvalue weighted by Crippen LogP contribution is -2.10. The Labute approximate surface area is 166 Å². The van der Waals surface area contributed by atoms with Gasteiger partial charge in [0.15, 0.2) is 0 Å². The minimum absolute atomic E-state index is 0.0313. The van der Waals surface area contributed by atoms with Gasteiger partial charge in [0.1, 0.15) is 5.82 Å². The maximum atomic E-state index is 12.0. The molecule has 0 atom stereocenters. The van der Waals surface area contributed by atoms with Crippen LogP contribution in [0.5, 0.6) is 0 Å². The molecule has 6 heteroatoms. The summed E-state index contributed by atoms with van der Waals surface area (Å²) in [5.41, 5.74) is 0.448. The molecule has 1 aromatic heterocycles. The van der Waals surface area contributed by atoms with Gasteiger partial charge in [-0.1, -0.05) is 69.4 Å². The number of aryl methyl sites for hydroxylation is 1. The van der Waals surface area contributed by atoms with Crippen molar-refractivity contribution in [3.63, 3.8) is 0 Å². The molecule has 2 aliphatic rings. The first-order valence-electron chi connectivity index (χ1n) is 9.95. The van der Waals surface area contributed by atoms with E-state index in [9.17, 15) is 13.2 Å². The van der Waals surface area contributed by atoms with Crippen molar-refractivity contribution in [1.82, 2.24) is 9.97 Å². The molecule has 1 saturated carbocycles. The molecule has 0 radical (unpaired) electrons. The molecule has 0 amide bonds. The lowest BCUT2D eigenvalue weighted by atomic mass is 9.91. The monoisotopic (exact) mass is 395 g/mol. The summed E-state index contributed by atoms with van der Waals surface area (Å²) < 4.78 is 36.0. The summed E-state index contributed by atoms with van der Waals surface area (Å²) in [5.74, 6) is 1.88. The topological polar surface area (TPSA) is 37.8 Å². The van der Waals surface area contributed by atoms with E-state index in [1.54, 1.807) is 24.5 Å². The fraction of sp³-hybridized carbons (Fsp3) is 0.545. The zero-order chi connectivity index (χ0) is 20.8. The minimum atomic E-state index is -4.18. The quantitative estimate of drug-likeness (QED) is 0.599. The zero-order valence-electron chi connectivity index (χ0n) is 17.1. The van der Waals surface area contributed by atoms with Gasteiger partial charge >= 0.3 is 6.18 Å². The molecule has 3 rings (SSSR count). The lowest BCUT2D eigenvalue weighted by Gasteiger charge is -2.15. The molecule has 1 N–H and O–H groups in total. The van der Waals surface area contributed by atoms with Gasteiger partial charge in [-0.3, -0.25) is 4.98 Å². The van der Waals surface area contributed by atoms with Crippen LogP contribution < -0.4 is 5.32 Å². The Kier molecular flexibility index (Phi) is 11.2. The Morgan fingerprint density at radius 2 is 1.75 bits per heavy atom. The van der Waals surface area contributed by atoms with Gasteiger partial charge in [-0.25, -0.2) is 4.98 Å². The van der Waals surface area contributed by atoms with Crippen LogP contribution in [0.4, 0.5) is 19.0 Å². The van der Waals surface area contributed by atoms with E-state index >= 15 is 0 Å². The highest BCUT2D eigenvalue weighted by Gasteiger charge is 2.31. The van der Waals surface area contributed by atoms with Crippen molar-refractivity contribution in [1.29, 1.82) is 0 Å². The Morgan fingerprint density at radius 1 is 1.04 bits per heavy atom. The second-order valence-corrected chi connectivity index (χ2v) is 7.02. The number of rotatable bonds is 2. The van der Waals surface area contributed by atoms with Crippen LogP contribution in [0.15, 0.2) is 48.3 Å². The Bertz CT molecular complexity index is 625. The summed E-state index contributed by atoms with van der Waals surface area (Å²) in [7, 11) is 0. The molecule has 0 unspecified atom stereocenters. The van der Waals surface area contributed by atoms with E-state index in [-0.39, 0.29) is 6.42 Å². The molecule has 0 spiro atoms. The molecular formula is C22H32F3N3. The average Bonchev–Trinajstić information content (AvgIpc) is 2.95. The van der Waals surface area contributed by atoms with E-state index in [0.717, 1.165) is 30.1 Å². The summed E-state index contributed by atoms with van der Waals surface area (Å²) in [6.07, 6.45) is 13.9. The van der Waals surface area contributed by atoms with Gasteiger partial charge in [-0.15, -0.1) is 0 Å². The third-order valence-corrected chi connectivity index (χ3v) is 4.39. The fourth-order valence-corrected chi connectivity index (χ4v) is 2.76. The minimum Gasteiger partial charge on any atom is -0.369 e. The van der Waals surface area contributed by atoms with Crippen molar-refractivity contribution in [2.45, 2.75) is 65.5 Å². The molecule has 0 saturated heterocycles. The van der Waals surface area contributed by atoms with E-state index in [1.165, 1.54) is 44.3 Å². The lowest BCUT2D eigenvalue weighted by molar-refractivity contribution is -0.0928. The van der Waals surface area contributed by atoms with Crippen LogP contribution >= 0.6 is 0 Å². The highest BCUT2D eigenvalue weighted by molar-refractivity contribution is 5.30. The van der Waals surface area contributed by atoms with Crippen LogP contribution in [0.2, 0.25) is 0 Å². The number of nitrogens with zero attached hydrogens (tertiary/aromatic N) is 2. The van der Waals surface area contributed by atoms with E-state index in [4.69, 9.17) is 0 Å². The first-order valence-corrected chi connectivity index (χ1v) is 9.95. The van der Waals surface area contributed by atoms with E-state index < -0.39 is 11.7 Å². The molecule has 3 nitrogen and oxygen atoms in total. The molecule has 2 aliphatic carbocycles. The van der Waals surface area contributed by atoms with Gasteiger partial charge < -0.3 is 5.32 Å². The van der Waals surface area contributed by atoms with Crippen LogP contribution in [0.25, 0.3) is 0 Å². The van der Waals surface area contributed by atoms with Gasteiger partial charge in [0.2, 0.25) is 0 Å². The summed E-state index contributed by atoms with van der Waals surface area (Å²) in [6.45, 7) is 7.20. The summed E-state index contributed by atoms with van der Waals surface area (Å²) in [5, 5.41) is 3.06. The standard InChI is InChI=1S/C8H7F3.C7H11N3.C7H14/c9-8(10,11)7-5-3-1-2-4-6-7;1-3-8-7-5-9-6(2)4-10-7;1-7-5-3-2-4-6-7/h1-5H,6H2;4-5H,3H2,1-2H3,(H,8,10);7H,2-6H2,1H3. The molecule has 0 aliphatic heterocycles. The predicted molar refractivity (Wildman–Crippen MR) is 110 cm³/mol.